The van der Waals surface area contributed by atoms with Crippen molar-refractivity contribution >= 4 is 68.9 Å². The van der Waals surface area contributed by atoms with Gasteiger partial charge in [0.25, 0.3) is 0 Å². The summed E-state index contributed by atoms with van der Waals surface area (Å²) in [6, 6.07) is 28.1. The fourth-order valence-electron chi connectivity index (χ4n) is 5.92. The fourth-order valence-corrected chi connectivity index (χ4v) is 6.72. The van der Waals surface area contributed by atoms with Crippen molar-refractivity contribution in [2.24, 2.45) is 14.1 Å². The van der Waals surface area contributed by atoms with Crippen LogP contribution in [0.25, 0.3) is 44.8 Å². The molecular weight excluding hydrogens is 755 g/mol. The van der Waals surface area contributed by atoms with Crippen LogP contribution in [0.1, 0.15) is 11.4 Å². The number of aromatic nitrogens is 8. The molecule has 0 aliphatic rings. The first kappa shape index (κ1) is 38.3. The lowest BCUT2D eigenvalue weighted by Crippen LogP contribution is -2.02. The summed E-state index contributed by atoms with van der Waals surface area (Å²) in [5.41, 5.74) is 7.98. The molecule has 12 nitrogen and oxygen atoms in total. The lowest BCUT2D eigenvalue weighted by molar-refractivity contribution is -0.160. The molecule has 4 heterocycles. The molecule has 0 bridgehead atoms. The number of hydrogen-bond donors (Lipinski definition) is 2. The van der Waals surface area contributed by atoms with Crippen LogP contribution in [0.5, 0.6) is 0 Å². The zero-order chi connectivity index (χ0) is 39.3. The van der Waals surface area contributed by atoms with E-state index in [2.05, 4.69) is 52.8 Å². The standard InChI is InChI=1S/C20H18FN5O2S.C20H18FN5S/c1-12-17-18(26(2)25-12)20(22-15-8-10-16(11-9-15)29-28-27-3)24-19(23-17)13-4-6-14(21)7-5-13;1-12-17-18(26(2)25-12)20(22-15-8-10-16(27-3)11-9-15)24-19(23-17)13-4-6-14(21)7-5-13/h4-11H,1-3H3,(H,22,23,24);4-11H,1-3H3,(H,22,23,24). The molecule has 0 saturated heterocycles. The van der Waals surface area contributed by atoms with Crippen LogP contribution in [0, 0.1) is 25.5 Å². The highest BCUT2D eigenvalue weighted by atomic mass is 32.2. The van der Waals surface area contributed by atoms with Crippen molar-refractivity contribution in [2.75, 3.05) is 24.0 Å². The quantitative estimate of drug-likeness (QED) is 0.0592. The minimum absolute atomic E-state index is 0.287. The fraction of sp³-hybridized carbons (Fsp3) is 0.150. The van der Waals surface area contributed by atoms with Crippen LogP contribution in [0.15, 0.2) is 107 Å². The molecule has 0 fully saturated rings. The van der Waals surface area contributed by atoms with Gasteiger partial charge in [0.05, 0.1) is 30.5 Å². The minimum Gasteiger partial charge on any atom is -0.338 e. The average molecular weight is 791 g/mol. The molecule has 0 amide bonds. The molecular formula is C40H36F2N10O2S2. The predicted molar refractivity (Wildman–Crippen MR) is 218 cm³/mol. The number of thioether (sulfide) groups is 1. The molecule has 0 aliphatic carbocycles. The van der Waals surface area contributed by atoms with Crippen LogP contribution < -0.4 is 10.6 Å². The second kappa shape index (κ2) is 16.8. The zero-order valence-electron chi connectivity index (χ0n) is 31.2. The van der Waals surface area contributed by atoms with Crippen molar-refractivity contribution in [1.82, 2.24) is 39.5 Å². The van der Waals surface area contributed by atoms with Gasteiger partial charge >= 0.3 is 0 Å². The van der Waals surface area contributed by atoms with Gasteiger partial charge in [0.15, 0.2) is 23.3 Å². The first-order valence-corrected chi connectivity index (χ1v) is 19.2. The second-order valence-electron chi connectivity index (χ2n) is 12.4. The van der Waals surface area contributed by atoms with Crippen LogP contribution >= 0.6 is 23.8 Å². The number of rotatable bonds is 10. The van der Waals surface area contributed by atoms with Gasteiger partial charge in [0.2, 0.25) is 0 Å². The Balaban J connectivity index is 0.000000172. The van der Waals surface area contributed by atoms with Crippen LogP contribution in [0.2, 0.25) is 0 Å². The summed E-state index contributed by atoms with van der Waals surface area (Å²) in [5.74, 6) is 1.72. The first-order chi connectivity index (χ1) is 27.1. The summed E-state index contributed by atoms with van der Waals surface area (Å²) in [6.07, 6.45) is 2.05. The molecule has 284 valence electrons. The molecule has 8 rings (SSSR count). The largest absolute Gasteiger partial charge is 0.338 e. The van der Waals surface area contributed by atoms with Gasteiger partial charge in [-0.05, 0) is 117 Å². The van der Waals surface area contributed by atoms with Crippen molar-refractivity contribution in [3.8, 4) is 22.8 Å². The summed E-state index contributed by atoms with van der Waals surface area (Å²) in [7, 11) is 5.18. The van der Waals surface area contributed by atoms with Gasteiger partial charge in [-0.1, -0.05) is 0 Å². The van der Waals surface area contributed by atoms with E-state index < -0.39 is 0 Å². The van der Waals surface area contributed by atoms with Crippen molar-refractivity contribution in [1.29, 1.82) is 0 Å². The van der Waals surface area contributed by atoms with E-state index in [9.17, 15) is 8.78 Å². The lowest BCUT2D eigenvalue weighted by Gasteiger charge is -2.10. The third kappa shape index (κ3) is 8.48. The van der Waals surface area contributed by atoms with Gasteiger partial charge in [-0.25, -0.2) is 33.6 Å². The van der Waals surface area contributed by atoms with Gasteiger partial charge < -0.3 is 10.6 Å². The Morgan fingerprint density at radius 1 is 0.571 bits per heavy atom. The van der Waals surface area contributed by atoms with Crippen LogP contribution in [-0.4, -0.2) is 52.9 Å². The molecule has 56 heavy (non-hydrogen) atoms. The van der Waals surface area contributed by atoms with E-state index in [1.165, 1.54) is 36.3 Å². The van der Waals surface area contributed by atoms with E-state index in [0.29, 0.717) is 23.3 Å². The normalized spacial score (nSPS) is 11.1. The van der Waals surface area contributed by atoms with Gasteiger partial charge in [-0.2, -0.15) is 14.5 Å². The Kier molecular flexibility index (Phi) is 11.5. The molecule has 0 radical (unpaired) electrons. The van der Waals surface area contributed by atoms with E-state index in [-0.39, 0.29) is 11.6 Å². The molecule has 8 aromatic rings. The molecule has 2 N–H and O–H groups in total. The Labute approximate surface area is 329 Å². The van der Waals surface area contributed by atoms with E-state index in [1.54, 1.807) is 45.4 Å². The third-order valence-corrected chi connectivity index (χ3v) is 9.99. The number of anilines is 4. The van der Waals surface area contributed by atoms with Crippen molar-refractivity contribution < 1.29 is 18.0 Å². The molecule has 0 unspecified atom stereocenters. The molecule has 16 heteroatoms. The monoisotopic (exact) mass is 790 g/mol. The number of hydrogen-bond acceptors (Lipinski definition) is 12. The van der Waals surface area contributed by atoms with Gasteiger partial charge in [0.1, 0.15) is 33.7 Å². The minimum atomic E-state index is -0.304. The SMILES string of the molecule is COOSc1ccc(Nc2nc(-c3ccc(F)cc3)nc3c(C)nn(C)c23)cc1.CSc1ccc(Nc2nc(-c3ccc(F)cc3)nc3c(C)nn(C)c23)cc1. The predicted octanol–water partition coefficient (Wildman–Crippen LogP) is 9.75. The second-order valence-corrected chi connectivity index (χ2v) is 14.1. The lowest BCUT2D eigenvalue weighted by atomic mass is 10.2. The molecule has 4 aromatic heterocycles. The number of halogens is 2. The smallest absolute Gasteiger partial charge is 0.162 e. The molecule has 0 spiro atoms. The summed E-state index contributed by atoms with van der Waals surface area (Å²) >= 11 is 2.82. The maximum absolute atomic E-state index is 13.3. The van der Waals surface area contributed by atoms with Crippen LogP contribution in [-0.2, 0) is 23.3 Å². The summed E-state index contributed by atoms with van der Waals surface area (Å²) in [6.45, 7) is 3.82. The number of nitrogens with zero attached hydrogens (tertiary/aromatic N) is 8. The summed E-state index contributed by atoms with van der Waals surface area (Å²) in [4.78, 5) is 25.4. The maximum Gasteiger partial charge on any atom is 0.162 e. The van der Waals surface area contributed by atoms with E-state index in [1.807, 2.05) is 70.6 Å². The highest BCUT2D eigenvalue weighted by Crippen LogP contribution is 2.31. The molecule has 0 atom stereocenters. The Hall–Kier alpha value is -5.94. The molecule has 0 saturated carbocycles. The van der Waals surface area contributed by atoms with Crippen molar-refractivity contribution in [2.45, 2.75) is 23.6 Å². The summed E-state index contributed by atoms with van der Waals surface area (Å²) < 4.78 is 35.0. The third-order valence-electron chi connectivity index (χ3n) is 8.57. The molecule has 0 aliphatic heterocycles. The van der Waals surface area contributed by atoms with Gasteiger partial charge in [-0.15, -0.1) is 11.8 Å². The maximum atomic E-state index is 13.3. The first-order valence-electron chi connectivity index (χ1n) is 17.2. The van der Waals surface area contributed by atoms with Crippen LogP contribution in [0.3, 0.4) is 0 Å². The number of aryl methyl sites for hydroxylation is 4. The number of fused-ring (bicyclic) bond motifs is 2. The average Bonchev–Trinajstić information content (AvgIpc) is 3.67. The zero-order valence-corrected chi connectivity index (χ0v) is 32.8. The van der Waals surface area contributed by atoms with Crippen LogP contribution in [0.4, 0.5) is 31.8 Å². The van der Waals surface area contributed by atoms with E-state index >= 15 is 0 Å². The molecule has 4 aromatic carbocycles. The Morgan fingerprint density at radius 2 is 0.982 bits per heavy atom. The topological polar surface area (TPSA) is 130 Å². The Bertz CT molecular complexity index is 2620. The number of benzene rings is 4. The van der Waals surface area contributed by atoms with Crippen molar-refractivity contribution in [3.63, 3.8) is 0 Å². The van der Waals surface area contributed by atoms with E-state index in [0.717, 1.165) is 72.9 Å². The van der Waals surface area contributed by atoms with Crippen molar-refractivity contribution in [3.05, 3.63) is 120 Å². The highest BCUT2D eigenvalue weighted by molar-refractivity contribution is 7.98. The van der Waals surface area contributed by atoms with Gasteiger partial charge in [-0.3, -0.25) is 9.36 Å². The van der Waals surface area contributed by atoms with Gasteiger partial charge in [0, 0.05) is 46.4 Å². The summed E-state index contributed by atoms with van der Waals surface area (Å²) in [5, 5.41) is 15.7. The number of nitrogens with one attached hydrogen (secondary N) is 2. The highest BCUT2D eigenvalue weighted by Gasteiger charge is 2.18. The van der Waals surface area contributed by atoms with E-state index in [4.69, 9.17) is 9.32 Å². The Morgan fingerprint density at radius 3 is 1.38 bits per heavy atom.